The second-order valence-corrected chi connectivity index (χ2v) is 4.60. The largest absolute Gasteiger partial charge is 0.478 e. The number of halogens is 1. The van der Waals surface area contributed by atoms with Gasteiger partial charge in [0.25, 0.3) is 0 Å². The summed E-state index contributed by atoms with van der Waals surface area (Å²) < 4.78 is 13.2. The Bertz CT molecular complexity index is 535. The van der Waals surface area contributed by atoms with Crippen LogP contribution in [0.4, 0.5) is 14.9 Å². The number of rotatable bonds is 3. The molecule has 3 N–H and O–H groups in total. The number of carbonyl (C=O) groups is 2. The number of nitrogens with zero attached hydrogens (tertiary/aromatic N) is 1. The van der Waals surface area contributed by atoms with Gasteiger partial charge in [-0.15, -0.1) is 0 Å². The zero-order valence-corrected chi connectivity index (χ0v) is 10.7. The lowest BCUT2D eigenvalue weighted by Crippen LogP contribution is -2.40. The molecule has 1 atom stereocenters. The Labute approximate surface area is 114 Å². The van der Waals surface area contributed by atoms with Crippen molar-refractivity contribution in [1.29, 1.82) is 0 Å². The van der Waals surface area contributed by atoms with Gasteiger partial charge in [-0.3, -0.25) is 0 Å². The number of anilines is 1. The normalized spacial score (nSPS) is 18.1. The van der Waals surface area contributed by atoms with Crippen molar-refractivity contribution in [2.45, 2.75) is 18.9 Å². The molecule has 1 heterocycles. The van der Waals surface area contributed by atoms with E-state index in [-0.39, 0.29) is 18.3 Å². The van der Waals surface area contributed by atoms with Gasteiger partial charge in [0.05, 0.1) is 18.2 Å². The van der Waals surface area contributed by atoms with E-state index in [1.54, 1.807) is 0 Å². The van der Waals surface area contributed by atoms with Crippen LogP contribution in [-0.2, 0) is 0 Å². The molecule has 1 unspecified atom stereocenters. The molecule has 0 aromatic heterocycles. The SMILES string of the molecule is O=C(O)c1cc(NC(=O)N2CCCC2CO)ccc1F. The molecule has 1 aliphatic rings. The molecule has 0 aliphatic carbocycles. The van der Waals surface area contributed by atoms with Gasteiger partial charge in [-0.1, -0.05) is 0 Å². The summed E-state index contributed by atoms with van der Waals surface area (Å²) in [5, 5.41) is 20.5. The van der Waals surface area contributed by atoms with E-state index in [1.807, 2.05) is 0 Å². The van der Waals surface area contributed by atoms with E-state index in [9.17, 15) is 14.0 Å². The summed E-state index contributed by atoms with van der Waals surface area (Å²) in [6.07, 6.45) is 1.54. The van der Waals surface area contributed by atoms with Gasteiger partial charge in [0, 0.05) is 12.2 Å². The second-order valence-electron chi connectivity index (χ2n) is 4.60. The third-order valence-corrected chi connectivity index (χ3v) is 3.30. The molecule has 1 saturated heterocycles. The predicted octanol–water partition coefficient (Wildman–Crippen LogP) is 1.51. The molecule has 1 aromatic carbocycles. The molecule has 0 spiro atoms. The van der Waals surface area contributed by atoms with E-state index in [0.29, 0.717) is 6.54 Å². The number of likely N-dealkylation sites (tertiary alicyclic amines) is 1. The minimum Gasteiger partial charge on any atom is -0.478 e. The van der Waals surface area contributed by atoms with Crippen LogP contribution in [0.1, 0.15) is 23.2 Å². The molecule has 108 valence electrons. The summed E-state index contributed by atoms with van der Waals surface area (Å²) in [4.78, 5) is 24.3. The van der Waals surface area contributed by atoms with Gasteiger partial charge in [-0.05, 0) is 31.0 Å². The van der Waals surface area contributed by atoms with Crippen LogP contribution in [0.15, 0.2) is 18.2 Å². The molecule has 1 aromatic rings. The molecule has 1 aliphatic heterocycles. The molecule has 0 bridgehead atoms. The Balaban J connectivity index is 2.12. The maximum atomic E-state index is 13.2. The minimum atomic E-state index is -1.40. The first-order valence-electron chi connectivity index (χ1n) is 6.24. The smallest absolute Gasteiger partial charge is 0.338 e. The zero-order valence-electron chi connectivity index (χ0n) is 10.7. The van der Waals surface area contributed by atoms with Crippen LogP contribution in [0, 0.1) is 5.82 Å². The van der Waals surface area contributed by atoms with Crippen LogP contribution in [-0.4, -0.2) is 46.3 Å². The summed E-state index contributed by atoms with van der Waals surface area (Å²) in [5.41, 5.74) is -0.291. The summed E-state index contributed by atoms with van der Waals surface area (Å²) in [6, 6.07) is 2.70. The molecular weight excluding hydrogens is 267 g/mol. The highest BCUT2D eigenvalue weighted by Gasteiger charge is 2.28. The molecule has 0 saturated carbocycles. The van der Waals surface area contributed by atoms with Crippen molar-refractivity contribution < 1.29 is 24.2 Å². The van der Waals surface area contributed by atoms with E-state index in [4.69, 9.17) is 10.2 Å². The van der Waals surface area contributed by atoms with Gasteiger partial charge in [-0.2, -0.15) is 0 Å². The lowest BCUT2D eigenvalue weighted by Gasteiger charge is -2.23. The minimum absolute atomic E-state index is 0.114. The Kier molecular flexibility index (Phi) is 4.19. The van der Waals surface area contributed by atoms with E-state index >= 15 is 0 Å². The maximum Gasteiger partial charge on any atom is 0.338 e. The number of amides is 2. The number of urea groups is 1. The number of carboxylic acid groups (broad SMARTS) is 1. The topological polar surface area (TPSA) is 89.9 Å². The Morgan fingerprint density at radius 2 is 2.20 bits per heavy atom. The monoisotopic (exact) mass is 282 g/mol. The van der Waals surface area contributed by atoms with Gasteiger partial charge < -0.3 is 20.4 Å². The fraction of sp³-hybridized carbons (Fsp3) is 0.385. The highest BCUT2D eigenvalue weighted by atomic mass is 19.1. The average molecular weight is 282 g/mol. The first-order chi connectivity index (χ1) is 9.52. The molecular formula is C13H15FN2O4. The molecule has 2 amide bonds. The van der Waals surface area contributed by atoms with Crippen molar-refractivity contribution in [2.24, 2.45) is 0 Å². The van der Waals surface area contributed by atoms with Crippen molar-refractivity contribution in [1.82, 2.24) is 4.90 Å². The number of nitrogens with one attached hydrogen (secondary N) is 1. The molecule has 6 nitrogen and oxygen atoms in total. The van der Waals surface area contributed by atoms with Crippen LogP contribution in [0.2, 0.25) is 0 Å². The quantitative estimate of drug-likeness (QED) is 0.784. The van der Waals surface area contributed by atoms with E-state index in [2.05, 4.69) is 5.32 Å². The van der Waals surface area contributed by atoms with Gasteiger partial charge in [0.2, 0.25) is 0 Å². The number of carboxylic acids is 1. The maximum absolute atomic E-state index is 13.2. The first-order valence-corrected chi connectivity index (χ1v) is 6.24. The van der Waals surface area contributed by atoms with Crippen molar-refractivity contribution in [3.8, 4) is 0 Å². The molecule has 2 rings (SSSR count). The average Bonchev–Trinajstić information content (AvgIpc) is 2.89. The number of aromatic carboxylic acids is 1. The Hall–Kier alpha value is -2.15. The fourth-order valence-corrected chi connectivity index (χ4v) is 2.26. The van der Waals surface area contributed by atoms with Crippen molar-refractivity contribution in [3.05, 3.63) is 29.6 Å². The third-order valence-electron chi connectivity index (χ3n) is 3.30. The number of benzene rings is 1. The number of carbonyl (C=O) groups excluding carboxylic acids is 1. The summed E-state index contributed by atoms with van der Waals surface area (Å²) >= 11 is 0. The van der Waals surface area contributed by atoms with Gasteiger partial charge >= 0.3 is 12.0 Å². The number of hydrogen-bond donors (Lipinski definition) is 3. The van der Waals surface area contributed by atoms with Crippen molar-refractivity contribution >= 4 is 17.7 Å². The van der Waals surface area contributed by atoms with E-state index < -0.39 is 23.4 Å². The Morgan fingerprint density at radius 3 is 2.85 bits per heavy atom. The highest BCUT2D eigenvalue weighted by molar-refractivity contribution is 5.93. The summed E-state index contributed by atoms with van der Waals surface area (Å²) in [5.74, 6) is -2.25. The second kappa shape index (κ2) is 5.87. The zero-order chi connectivity index (χ0) is 14.7. The van der Waals surface area contributed by atoms with Crippen LogP contribution < -0.4 is 5.32 Å². The fourth-order valence-electron chi connectivity index (χ4n) is 2.26. The van der Waals surface area contributed by atoms with Crippen LogP contribution >= 0.6 is 0 Å². The summed E-state index contributed by atoms with van der Waals surface area (Å²) in [6.45, 7) is 0.418. The van der Waals surface area contributed by atoms with E-state index in [0.717, 1.165) is 25.0 Å². The van der Waals surface area contributed by atoms with Gasteiger partial charge in [0.15, 0.2) is 0 Å². The predicted molar refractivity (Wildman–Crippen MR) is 69.2 cm³/mol. The summed E-state index contributed by atoms with van der Waals surface area (Å²) in [7, 11) is 0. The Morgan fingerprint density at radius 1 is 1.45 bits per heavy atom. The van der Waals surface area contributed by atoms with Crippen LogP contribution in [0.25, 0.3) is 0 Å². The molecule has 0 radical (unpaired) electrons. The van der Waals surface area contributed by atoms with Gasteiger partial charge in [-0.25, -0.2) is 14.0 Å². The van der Waals surface area contributed by atoms with Crippen molar-refractivity contribution in [2.75, 3.05) is 18.5 Å². The highest BCUT2D eigenvalue weighted by Crippen LogP contribution is 2.20. The molecule has 1 fully saturated rings. The van der Waals surface area contributed by atoms with Crippen molar-refractivity contribution in [3.63, 3.8) is 0 Å². The molecule has 20 heavy (non-hydrogen) atoms. The number of aliphatic hydroxyl groups excluding tert-OH is 1. The van der Waals surface area contributed by atoms with E-state index in [1.165, 1.54) is 11.0 Å². The third kappa shape index (κ3) is 2.88. The number of aliphatic hydroxyl groups is 1. The van der Waals surface area contributed by atoms with Crippen LogP contribution in [0.3, 0.4) is 0 Å². The van der Waals surface area contributed by atoms with Gasteiger partial charge in [0.1, 0.15) is 5.82 Å². The lowest BCUT2D eigenvalue weighted by atomic mass is 10.2. The molecule has 7 heteroatoms. The standard InChI is InChI=1S/C13H15FN2O4/c14-11-4-3-8(6-10(11)12(18)19)15-13(20)16-5-1-2-9(16)7-17/h3-4,6,9,17H,1-2,5,7H2,(H,15,20)(H,18,19). The first kappa shape index (κ1) is 14.3. The number of hydrogen-bond acceptors (Lipinski definition) is 3. The lowest BCUT2D eigenvalue weighted by molar-refractivity contribution is 0.0692. The van der Waals surface area contributed by atoms with Crippen LogP contribution in [0.5, 0.6) is 0 Å².